The number of piperidine rings is 1. The van der Waals surface area contributed by atoms with E-state index in [1.165, 1.54) is 31.2 Å². The molecule has 1 saturated carbocycles. The SMILES string of the molecule is CC1(C)CN(C(=O)CC2(CCc3ccccc3)CCCC2)CCC1N. The van der Waals surface area contributed by atoms with E-state index in [1.807, 2.05) is 0 Å². The van der Waals surface area contributed by atoms with Gasteiger partial charge in [0, 0.05) is 25.6 Å². The average molecular weight is 343 g/mol. The Morgan fingerprint density at radius 1 is 1.20 bits per heavy atom. The monoisotopic (exact) mass is 342 g/mol. The molecule has 1 aliphatic carbocycles. The first-order valence-electron chi connectivity index (χ1n) is 9.98. The normalized spacial score (nSPS) is 25.1. The molecule has 0 aromatic heterocycles. The number of carbonyl (C=O) groups is 1. The number of rotatable bonds is 5. The highest BCUT2D eigenvalue weighted by Gasteiger charge is 2.40. The van der Waals surface area contributed by atoms with Gasteiger partial charge in [-0.05, 0) is 48.5 Å². The molecule has 1 amide bonds. The van der Waals surface area contributed by atoms with E-state index in [1.54, 1.807) is 0 Å². The average Bonchev–Trinajstić information content (AvgIpc) is 3.05. The van der Waals surface area contributed by atoms with Gasteiger partial charge in [-0.1, -0.05) is 57.0 Å². The Hall–Kier alpha value is -1.35. The summed E-state index contributed by atoms with van der Waals surface area (Å²) in [4.78, 5) is 15.1. The summed E-state index contributed by atoms with van der Waals surface area (Å²) in [6.07, 6.45) is 8.85. The van der Waals surface area contributed by atoms with E-state index in [0.717, 1.165) is 38.8 Å². The zero-order valence-corrected chi connectivity index (χ0v) is 16.0. The van der Waals surface area contributed by atoms with Crippen LogP contribution in [0.15, 0.2) is 30.3 Å². The van der Waals surface area contributed by atoms with E-state index in [0.29, 0.717) is 5.91 Å². The first-order valence-corrected chi connectivity index (χ1v) is 9.98. The number of nitrogens with two attached hydrogens (primary N) is 1. The minimum absolute atomic E-state index is 0.0286. The molecule has 0 radical (unpaired) electrons. The molecule has 3 heteroatoms. The second-order valence-electron chi connectivity index (χ2n) is 9.07. The van der Waals surface area contributed by atoms with Crippen molar-refractivity contribution in [2.75, 3.05) is 13.1 Å². The molecule has 1 heterocycles. The van der Waals surface area contributed by atoms with E-state index in [9.17, 15) is 4.79 Å². The first-order chi connectivity index (χ1) is 11.9. The number of likely N-dealkylation sites (tertiary alicyclic amines) is 1. The van der Waals surface area contributed by atoms with Gasteiger partial charge in [-0.3, -0.25) is 4.79 Å². The molecule has 138 valence electrons. The Morgan fingerprint density at radius 3 is 2.52 bits per heavy atom. The number of hydrogen-bond acceptors (Lipinski definition) is 2. The van der Waals surface area contributed by atoms with E-state index in [-0.39, 0.29) is 16.9 Å². The van der Waals surface area contributed by atoms with Crippen LogP contribution in [0.5, 0.6) is 0 Å². The second-order valence-corrected chi connectivity index (χ2v) is 9.07. The molecule has 2 N–H and O–H groups in total. The summed E-state index contributed by atoms with van der Waals surface area (Å²) in [6.45, 7) is 6.02. The van der Waals surface area contributed by atoms with Crippen molar-refractivity contribution in [2.45, 2.75) is 71.3 Å². The standard InChI is InChI=1S/C22H34N2O/c1-21(2)17-24(15-11-19(21)23)20(25)16-22(12-6-7-13-22)14-10-18-8-4-3-5-9-18/h3-5,8-9,19H,6-7,10-17,23H2,1-2H3. The Balaban J connectivity index is 1.62. The van der Waals surface area contributed by atoms with Crippen LogP contribution in [-0.4, -0.2) is 29.9 Å². The summed E-state index contributed by atoms with van der Waals surface area (Å²) in [5, 5.41) is 0. The van der Waals surface area contributed by atoms with Crippen LogP contribution in [0.25, 0.3) is 0 Å². The molecule has 1 atom stereocenters. The molecular formula is C22H34N2O. The molecule has 1 aromatic carbocycles. The predicted molar refractivity (Wildman–Crippen MR) is 103 cm³/mol. The topological polar surface area (TPSA) is 46.3 Å². The Kier molecular flexibility index (Phi) is 5.52. The minimum atomic E-state index is 0.0286. The van der Waals surface area contributed by atoms with Crippen LogP contribution >= 0.6 is 0 Å². The van der Waals surface area contributed by atoms with Crippen LogP contribution in [0, 0.1) is 10.8 Å². The van der Waals surface area contributed by atoms with Crippen LogP contribution in [0.4, 0.5) is 0 Å². The summed E-state index contributed by atoms with van der Waals surface area (Å²) >= 11 is 0. The van der Waals surface area contributed by atoms with E-state index < -0.39 is 0 Å². The van der Waals surface area contributed by atoms with Crippen molar-refractivity contribution in [2.24, 2.45) is 16.6 Å². The summed E-state index contributed by atoms with van der Waals surface area (Å²) in [5.74, 6) is 0.356. The molecule has 3 nitrogen and oxygen atoms in total. The maximum Gasteiger partial charge on any atom is 0.223 e. The van der Waals surface area contributed by atoms with Crippen LogP contribution in [0.3, 0.4) is 0 Å². The zero-order valence-electron chi connectivity index (χ0n) is 16.0. The molecule has 1 aromatic rings. The molecule has 2 aliphatic rings. The third-order valence-corrected chi connectivity index (χ3v) is 6.64. The van der Waals surface area contributed by atoms with Crippen LogP contribution < -0.4 is 5.73 Å². The second kappa shape index (κ2) is 7.49. The van der Waals surface area contributed by atoms with Crippen molar-refractivity contribution >= 4 is 5.91 Å². The summed E-state index contributed by atoms with van der Waals surface area (Å²) in [7, 11) is 0. The summed E-state index contributed by atoms with van der Waals surface area (Å²) in [6, 6.07) is 10.9. The van der Waals surface area contributed by atoms with Crippen LogP contribution in [0.2, 0.25) is 0 Å². The lowest BCUT2D eigenvalue weighted by atomic mass is 9.76. The molecule has 3 rings (SSSR count). The zero-order chi connectivity index (χ0) is 17.9. The van der Waals surface area contributed by atoms with Crippen molar-refractivity contribution < 1.29 is 4.79 Å². The molecule has 2 fully saturated rings. The Labute approximate surface area is 153 Å². The fourth-order valence-corrected chi connectivity index (χ4v) is 4.71. The number of hydrogen-bond donors (Lipinski definition) is 1. The number of nitrogens with zero attached hydrogens (tertiary/aromatic N) is 1. The van der Waals surface area contributed by atoms with Gasteiger partial charge in [0.25, 0.3) is 0 Å². The third kappa shape index (κ3) is 4.44. The molecule has 0 bridgehead atoms. The number of benzene rings is 1. The smallest absolute Gasteiger partial charge is 0.223 e. The lowest BCUT2D eigenvalue weighted by Gasteiger charge is -2.43. The fraction of sp³-hybridized carbons (Fsp3) is 0.682. The molecule has 25 heavy (non-hydrogen) atoms. The minimum Gasteiger partial charge on any atom is -0.342 e. The fourth-order valence-electron chi connectivity index (χ4n) is 4.71. The maximum absolute atomic E-state index is 13.1. The Bertz CT molecular complexity index is 575. The van der Waals surface area contributed by atoms with E-state index in [2.05, 4.69) is 49.1 Å². The van der Waals surface area contributed by atoms with Crippen molar-refractivity contribution in [1.82, 2.24) is 4.90 Å². The van der Waals surface area contributed by atoms with Crippen molar-refractivity contribution in [3.8, 4) is 0 Å². The maximum atomic E-state index is 13.1. The quantitative estimate of drug-likeness (QED) is 0.873. The highest BCUT2D eigenvalue weighted by Crippen LogP contribution is 2.45. The summed E-state index contributed by atoms with van der Waals surface area (Å²) < 4.78 is 0. The van der Waals surface area contributed by atoms with Gasteiger partial charge >= 0.3 is 0 Å². The lowest BCUT2D eigenvalue weighted by molar-refractivity contribution is -0.137. The van der Waals surface area contributed by atoms with Gasteiger partial charge in [-0.15, -0.1) is 0 Å². The molecule has 0 spiro atoms. The highest BCUT2D eigenvalue weighted by atomic mass is 16.2. The van der Waals surface area contributed by atoms with Gasteiger partial charge in [-0.2, -0.15) is 0 Å². The molecule has 1 unspecified atom stereocenters. The largest absolute Gasteiger partial charge is 0.342 e. The van der Waals surface area contributed by atoms with Crippen LogP contribution in [0.1, 0.15) is 64.4 Å². The third-order valence-electron chi connectivity index (χ3n) is 6.64. The highest BCUT2D eigenvalue weighted by molar-refractivity contribution is 5.77. The van der Waals surface area contributed by atoms with E-state index in [4.69, 9.17) is 5.73 Å². The number of carbonyl (C=O) groups excluding carboxylic acids is 1. The molecular weight excluding hydrogens is 308 g/mol. The number of amides is 1. The van der Waals surface area contributed by atoms with Gasteiger partial charge in [0.05, 0.1) is 0 Å². The Morgan fingerprint density at radius 2 is 1.88 bits per heavy atom. The van der Waals surface area contributed by atoms with Gasteiger partial charge in [0.2, 0.25) is 5.91 Å². The predicted octanol–water partition coefficient (Wildman–Crippen LogP) is 4.16. The number of aryl methyl sites for hydroxylation is 1. The van der Waals surface area contributed by atoms with Gasteiger partial charge in [-0.25, -0.2) is 0 Å². The van der Waals surface area contributed by atoms with E-state index >= 15 is 0 Å². The lowest BCUT2D eigenvalue weighted by Crippen LogP contribution is -2.54. The van der Waals surface area contributed by atoms with Crippen molar-refractivity contribution in [3.63, 3.8) is 0 Å². The molecule has 1 aliphatic heterocycles. The van der Waals surface area contributed by atoms with Gasteiger partial charge in [0.1, 0.15) is 0 Å². The van der Waals surface area contributed by atoms with Crippen molar-refractivity contribution in [1.29, 1.82) is 0 Å². The molecule has 1 saturated heterocycles. The van der Waals surface area contributed by atoms with Crippen LogP contribution in [-0.2, 0) is 11.2 Å². The summed E-state index contributed by atoms with van der Waals surface area (Å²) in [5.41, 5.74) is 7.88. The van der Waals surface area contributed by atoms with Gasteiger partial charge in [0.15, 0.2) is 0 Å². The first kappa shape index (κ1) is 18.4. The van der Waals surface area contributed by atoms with Crippen molar-refractivity contribution in [3.05, 3.63) is 35.9 Å². The van der Waals surface area contributed by atoms with Gasteiger partial charge < -0.3 is 10.6 Å².